The molecule has 1 fully saturated rings. The van der Waals surface area contributed by atoms with E-state index in [2.05, 4.69) is 5.32 Å². The van der Waals surface area contributed by atoms with Crippen molar-refractivity contribution in [3.63, 3.8) is 0 Å². The van der Waals surface area contributed by atoms with Crippen LogP contribution in [0.5, 0.6) is 0 Å². The summed E-state index contributed by atoms with van der Waals surface area (Å²) in [6, 6.07) is 6.30. The van der Waals surface area contributed by atoms with Gasteiger partial charge in [-0.25, -0.2) is 4.79 Å². The van der Waals surface area contributed by atoms with Crippen molar-refractivity contribution in [1.82, 2.24) is 15.1 Å². The van der Waals surface area contributed by atoms with E-state index in [0.717, 1.165) is 11.1 Å². The maximum Gasteiger partial charge on any atom is 0.320 e. The molecule has 142 valence electrons. The number of nitrogens with zero attached hydrogens (tertiary/aromatic N) is 2. The van der Waals surface area contributed by atoms with Crippen molar-refractivity contribution < 1.29 is 19.5 Å². The van der Waals surface area contributed by atoms with Gasteiger partial charge in [-0.2, -0.15) is 0 Å². The number of urea groups is 1. The summed E-state index contributed by atoms with van der Waals surface area (Å²) in [7, 11) is 0. The quantitative estimate of drug-likeness (QED) is 0.631. The van der Waals surface area contributed by atoms with Crippen LogP contribution < -0.4 is 11.1 Å². The lowest BCUT2D eigenvalue weighted by Crippen LogP contribution is -2.52. The van der Waals surface area contributed by atoms with Crippen LogP contribution in [0.2, 0.25) is 0 Å². The number of rotatable bonds is 7. The fourth-order valence-corrected chi connectivity index (χ4v) is 2.92. The first-order valence-corrected chi connectivity index (χ1v) is 8.66. The fraction of sp³-hybridized carbons (Fsp3) is 0.500. The van der Waals surface area contributed by atoms with Gasteiger partial charge in [-0.05, 0) is 24.5 Å². The Labute approximate surface area is 152 Å². The van der Waals surface area contributed by atoms with Gasteiger partial charge in [0, 0.05) is 32.7 Å². The average Bonchev–Trinajstić information content (AvgIpc) is 2.60. The highest BCUT2D eigenvalue weighted by atomic mass is 16.4. The molecule has 1 aromatic carbocycles. The number of nitrogens with two attached hydrogens (primary N) is 1. The van der Waals surface area contributed by atoms with Crippen LogP contribution in [0.1, 0.15) is 18.1 Å². The normalized spacial score (nSPS) is 16.2. The average molecular weight is 362 g/mol. The number of amides is 2. The molecule has 1 aliphatic rings. The van der Waals surface area contributed by atoms with E-state index in [9.17, 15) is 14.4 Å². The van der Waals surface area contributed by atoms with Crippen LogP contribution in [0.15, 0.2) is 24.3 Å². The Kier molecular flexibility index (Phi) is 7.11. The number of hydrogen-bond donors (Lipinski definition) is 3. The van der Waals surface area contributed by atoms with Gasteiger partial charge in [0.25, 0.3) is 0 Å². The molecule has 4 N–H and O–H groups in total. The number of Topliss-reactive ketones (excluding diaryl/α,β-unsaturated/α-hetero) is 1. The monoisotopic (exact) mass is 362 g/mol. The molecule has 0 bridgehead atoms. The number of carboxylic acids is 1. The molecule has 2 amide bonds. The third-order valence-corrected chi connectivity index (χ3v) is 4.31. The number of ketones is 1. The summed E-state index contributed by atoms with van der Waals surface area (Å²) in [5, 5.41) is 11.8. The van der Waals surface area contributed by atoms with Crippen molar-refractivity contribution in [2.75, 3.05) is 32.7 Å². The Hall–Kier alpha value is -2.45. The smallest absolute Gasteiger partial charge is 0.320 e. The van der Waals surface area contributed by atoms with E-state index in [4.69, 9.17) is 10.8 Å². The Morgan fingerprint density at radius 3 is 2.46 bits per heavy atom. The van der Waals surface area contributed by atoms with Crippen LogP contribution in [0.3, 0.4) is 0 Å². The lowest BCUT2D eigenvalue weighted by molar-refractivity contribution is -0.138. The van der Waals surface area contributed by atoms with Crippen LogP contribution >= 0.6 is 0 Å². The molecule has 2 rings (SSSR count). The third kappa shape index (κ3) is 6.12. The first-order chi connectivity index (χ1) is 12.3. The minimum absolute atomic E-state index is 0.130. The van der Waals surface area contributed by atoms with Crippen LogP contribution in [0.4, 0.5) is 4.79 Å². The molecule has 1 aromatic rings. The maximum absolute atomic E-state index is 12.3. The minimum atomic E-state index is -1.03. The summed E-state index contributed by atoms with van der Waals surface area (Å²) < 4.78 is 0. The van der Waals surface area contributed by atoms with E-state index in [1.165, 1.54) is 0 Å². The highest BCUT2D eigenvalue weighted by Crippen LogP contribution is 2.08. The van der Waals surface area contributed by atoms with Gasteiger partial charge in [-0.1, -0.05) is 24.3 Å². The number of aliphatic carboxylic acids is 1. The Morgan fingerprint density at radius 2 is 1.85 bits per heavy atom. The zero-order chi connectivity index (χ0) is 19.1. The van der Waals surface area contributed by atoms with Crippen molar-refractivity contribution >= 4 is 17.8 Å². The number of carbonyl (C=O) groups is 3. The SMILES string of the molecule is CC(=O)CN1CCN(C(=O)NCc2cccc(C[C@H](N)C(=O)O)c2)CC1. The summed E-state index contributed by atoms with van der Waals surface area (Å²) in [6.07, 6.45) is 0.245. The molecule has 8 heteroatoms. The van der Waals surface area contributed by atoms with Gasteiger partial charge in [0.1, 0.15) is 11.8 Å². The number of piperazine rings is 1. The van der Waals surface area contributed by atoms with Crippen LogP contribution in [-0.2, 0) is 22.6 Å². The minimum Gasteiger partial charge on any atom is -0.480 e. The molecule has 0 aliphatic carbocycles. The molecule has 1 atom stereocenters. The van der Waals surface area contributed by atoms with Gasteiger partial charge >= 0.3 is 12.0 Å². The third-order valence-electron chi connectivity index (χ3n) is 4.31. The summed E-state index contributed by atoms with van der Waals surface area (Å²) in [5.74, 6) is -0.905. The number of hydrogen-bond acceptors (Lipinski definition) is 5. The van der Waals surface area contributed by atoms with Gasteiger partial charge in [-0.15, -0.1) is 0 Å². The van der Waals surface area contributed by atoms with Gasteiger partial charge in [0.15, 0.2) is 0 Å². The summed E-state index contributed by atoms with van der Waals surface area (Å²) >= 11 is 0. The zero-order valence-electron chi connectivity index (χ0n) is 15.0. The van der Waals surface area contributed by atoms with Crippen molar-refractivity contribution in [3.8, 4) is 0 Å². The Bertz CT molecular complexity index is 656. The molecule has 1 heterocycles. The van der Waals surface area contributed by atoms with Crippen LogP contribution in [0, 0.1) is 0 Å². The van der Waals surface area contributed by atoms with E-state index < -0.39 is 12.0 Å². The largest absolute Gasteiger partial charge is 0.480 e. The van der Waals surface area contributed by atoms with E-state index in [1.54, 1.807) is 11.8 Å². The first kappa shape index (κ1) is 19.9. The summed E-state index contributed by atoms with van der Waals surface area (Å²) in [4.78, 5) is 38.1. The molecule has 1 aliphatic heterocycles. The van der Waals surface area contributed by atoms with Crippen LogP contribution in [0.25, 0.3) is 0 Å². The lowest BCUT2D eigenvalue weighted by atomic mass is 10.0. The highest BCUT2D eigenvalue weighted by Gasteiger charge is 2.21. The number of carboxylic acid groups (broad SMARTS) is 1. The van der Waals surface area contributed by atoms with E-state index in [0.29, 0.717) is 39.3 Å². The summed E-state index contributed by atoms with van der Waals surface area (Å²) in [5.41, 5.74) is 7.27. The second kappa shape index (κ2) is 9.30. The van der Waals surface area contributed by atoms with Gasteiger partial charge < -0.3 is 21.1 Å². The first-order valence-electron chi connectivity index (χ1n) is 8.66. The van der Waals surface area contributed by atoms with Crippen molar-refractivity contribution in [2.45, 2.75) is 25.9 Å². The Balaban J connectivity index is 1.80. The molecular formula is C18H26N4O4. The number of carbonyl (C=O) groups excluding carboxylic acids is 2. The zero-order valence-corrected chi connectivity index (χ0v) is 15.0. The maximum atomic E-state index is 12.3. The van der Waals surface area contributed by atoms with Crippen LogP contribution in [-0.4, -0.2) is 71.5 Å². The van der Waals surface area contributed by atoms with Crippen molar-refractivity contribution in [3.05, 3.63) is 35.4 Å². The predicted molar refractivity (Wildman–Crippen MR) is 96.7 cm³/mol. The molecule has 1 saturated heterocycles. The molecular weight excluding hydrogens is 336 g/mol. The molecule has 0 radical (unpaired) electrons. The van der Waals surface area contributed by atoms with E-state index >= 15 is 0 Å². The van der Waals surface area contributed by atoms with E-state index in [-0.39, 0.29) is 18.2 Å². The van der Waals surface area contributed by atoms with Gasteiger partial charge in [0.05, 0.1) is 6.54 Å². The topological polar surface area (TPSA) is 116 Å². The van der Waals surface area contributed by atoms with E-state index in [1.807, 2.05) is 29.2 Å². The highest BCUT2D eigenvalue weighted by molar-refractivity contribution is 5.77. The predicted octanol–water partition coefficient (Wildman–Crippen LogP) is 0.0572. The lowest BCUT2D eigenvalue weighted by Gasteiger charge is -2.34. The molecule has 0 unspecified atom stereocenters. The number of nitrogens with one attached hydrogen (secondary N) is 1. The molecule has 8 nitrogen and oxygen atoms in total. The summed E-state index contributed by atoms with van der Waals surface area (Å²) in [6.45, 7) is 4.92. The fourth-order valence-electron chi connectivity index (χ4n) is 2.92. The molecule has 0 spiro atoms. The molecule has 26 heavy (non-hydrogen) atoms. The molecule has 0 saturated carbocycles. The number of benzene rings is 1. The molecule has 0 aromatic heterocycles. The Morgan fingerprint density at radius 1 is 1.19 bits per heavy atom. The second-order valence-electron chi connectivity index (χ2n) is 6.59. The standard InChI is InChI=1S/C18H26N4O4/c1-13(23)12-21-5-7-22(8-6-21)18(26)20-11-15-4-2-3-14(9-15)10-16(19)17(24)25/h2-4,9,16H,5-8,10-12,19H2,1H3,(H,20,26)(H,24,25)/t16-/m0/s1. The van der Waals surface area contributed by atoms with Crippen molar-refractivity contribution in [1.29, 1.82) is 0 Å². The van der Waals surface area contributed by atoms with Crippen molar-refractivity contribution in [2.24, 2.45) is 5.73 Å². The van der Waals surface area contributed by atoms with Gasteiger partial charge in [0.2, 0.25) is 0 Å². The van der Waals surface area contributed by atoms with Gasteiger partial charge in [-0.3, -0.25) is 14.5 Å². The second-order valence-corrected chi connectivity index (χ2v) is 6.59.